The van der Waals surface area contributed by atoms with E-state index in [4.69, 9.17) is 4.74 Å². The van der Waals surface area contributed by atoms with Crippen LogP contribution in [0.5, 0.6) is 0 Å². The lowest BCUT2D eigenvalue weighted by molar-refractivity contribution is -0.121. The Bertz CT molecular complexity index is 635. The summed E-state index contributed by atoms with van der Waals surface area (Å²) in [6.45, 7) is 6.06. The van der Waals surface area contributed by atoms with Crippen molar-refractivity contribution in [3.63, 3.8) is 0 Å². The van der Waals surface area contributed by atoms with E-state index < -0.39 is 0 Å². The van der Waals surface area contributed by atoms with Crippen LogP contribution in [0, 0.1) is 0 Å². The van der Waals surface area contributed by atoms with E-state index in [0.717, 1.165) is 57.2 Å². The molecule has 1 unspecified atom stereocenters. The standard InChI is InChI=1S/C19H28N2O3S/c1-3-24-19(23)16-14-9-5-6-10-15(14)25-18(16)20-17(22)13(2)21-11-7-4-8-12-21/h13H,3-12H2,1-2H3,(H,20,22). The number of carbonyl (C=O) groups is 2. The molecule has 0 spiro atoms. The Labute approximate surface area is 153 Å². The molecule has 0 bridgehead atoms. The number of piperidine rings is 1. The molecule has 3 rings (SSSR count). The molecule has 1 aliphatic heterocycles. The van der Waals surface area contributed by atoms with Gasteiger partial charge in [-0.25, -0.2) is 4.79 Å². The maximum Gasteiger partial charge on any atom is 0.341 e. The minimum absolute atomic E-state index is 0.0222. The Morgan fingerprint density at radius 2 is 1.88 bits per heavy atom. The Kier molecular flexibility index (Phi) is 6.12. The summed E-state index contributed by atoms with van der Waals surface area (Å²) in [6, 6.07) is -0.172. The van der Waals surface area contributed by atoms with Crippen molar-refractivity contribution in [2.24, 2.45) is 0 Å². The first-order valence-corrected chi connectivity index (χ1v) is 10.3. The average Bonchev–Trinajstić information content (AvgIpc) is 2.99. The molecular weight excluding hydrogens is 336 g/mol. The summed E-state index contributed by atoms with van der Waals surface area (Å²) in [4.78, 5) is 28.7. The molecule has 0 aromatic carbocycles. The molecule has 1 atom stereocenters. The second kappa shape index (κ2) is 8.32. The molecule has 1 saturated heterocycles. The van der Waals surface area contributed by atoms with E-state index >= 15 is 0 Å². The number of amides is 1. The highest BCUT2D eigenvalue weighted by molar-refractivity contribution is 7.17. The van der Waals surface area contributed by atoms with Gasteiger partial charge in [0.15, 0.2) is 0 Å². The van der Waals surface area contributed by atoms with Crippen LogP contribution < -0.4 is 5.32 Å². The summed E-state index contributed by atoms with van der Waals surface area (Å²) < 4.78 is 5.26. The third-order valence-corrected chi connectivity index (χ3v) is 6.41. The number of carbonyl (C=O) groups excluding carboxylic acids is 2. The number of esters is 1. The molecule has 1 fully saturated rings. The molecule has 0 saturated carbocycles. The molecule has 2 heterocycles. The number of fused-ring (bicyclic) bond motifs is 1. The molecule has 138 valence electrons. The fourth-order valence-corrected chi connectivity index (χ4v) is 5.04. The number of anilines is 1. The third-order valence-electron chi connectivity index (χ3n) is 5.21. The largest absolute Gasteiger partial charge is 0.462 e. The van der Waals surface area contributed by atoms with E-state index in [2.05, 4.69) is 10.2 Å². The topological polar surface area (TPSA) is 58.6 Å². The number of ether oxygens (including phenoxy) is 1. The van der Waals surface area contributed by atoms with E-state index in [0.29, 0.717) is 17.2 Å². The number of nitrogens with zero attached hydrogens (tertiary/aromatic N) is 1. The van der Waals surface area contributed by atoms with Gasteiger partial charge in [-0.15, -0.1) is 11.3 Å². The van der Waals surface area contributed by atoms with Crippen molar-refractivity contribution in [2.45, 2.75) is 64.8 Å². The fourth-order valence-electron chi connectivity index (χ4n) is 3.76. The van der Waals surface area contributed by atoms with E-state index in [1.807, 2.05) is 13.8 Å². The van der Waals surface area contributed by atoms with Crippen LogP contribution in [-0.2, 0) is 22.4 Å². The number of aryl methyl sites for hydroxylation is 1. The van der Waals surface area contributed by atoms with Crippen LogP contribution >= 0.6 is 11.3 Å². The molecule has 6 heteroatoms. The molecule has 0 radical (unpaired) electrons. The lowest BCUT2D eigenvalue weighted by Crippen LogP contribution is -2.44. The van der Waals surface area contributed by atoms with Crippen LogP contribution in [0.2, 0.25) is 0 Å². The summed E-state index contributed by atoms with van der Waals surface area (Å²) in [7, 11) is 0. The molecule has 25 heavy (non-hydrogen) atoms. The van der Waals surface area contributed by atoms with Gasteiger partial charge in [0.1, 0.15) is 5.00 Å². The van der Waals surface area contributed by atoms with Gasteiger partial charge in [-0.05, 0) is 71.0 Å². The molecular formula is C19H28N2O3S. The smallest absolute Gasteiger partial charge is 0.341 e. The van der Waals surface area contributed by atoms with Gasteiger partial charge < -0.3 is 10.1 Å². The van der Waals surface area contributed by atoms with Crippen molar-refractivity contribution in [3.8, 4) is 0 Å². The first kappa shape index (κ1) is 18.4. The normalized spacial score (nSPS) is 19.1. The SMILES string of the molecule is CCOC(=O)c1c(NC(=O)C(C)N2CCCCC2)sc2c1CCCC2. The highest BCUT2D eigenvalue weighted by Gasteiger charge is 2.29. The Morgan fingerprint density at radius 1 is 1.16 bits per heavy atom. The van der Waals surface area contributed by atoms with Crippen LogP contribution in [0.25, 0.3) is 0 Å². The predicted molar refractivity (Wildman–Crippen MR) is 100 cm³/mol. The predicted octanol–water partition coefficient (Wildman–Crippen LogP) is 3.62. The van der Waals surface area contributed by atoms with Gasteiger partial charge >= 0.3 is 5.97 Å². The highest BCUT2D eigenvalue weighted by atomic mass is 32.1. The monoisotopic (exact) mass is 364 g/mol. The van der Waals surface area contributed by atoms with Gasteiger partial charge in [0, 0.05) is 4.88 Å². The van der Waals surface area contributed by atoms with E-state index in [1.54, 1.807) is 11.3 Å². The first-order valence-electron chi connectivity index (χ1n) is 9.48. The number of thiophene rings is 1. The third kappa shape index (κ3) is 4.06. The number of likely N-dealkylation sites (tertiary alicyclic amines) is 1. The highest BCUT2D eigenvalue weighted by Crippen LogP contribution is 2.38. The van der Waals surface area contributed by atoms with Gasteiger partial charge in [-0.1, -0.05) is 6.42 Å². The minimum atomic E-state index is -0.303. The van der Waals surface area contributed by atoms with Crippen LogP contribution in [-0.4, -0.2) is 42.5 Å². The van der Waals surface area contributed by atoms with Crippen molar-refractivity contribution in [1.29, 1.82) is 0 Å². The van der Waals surface area contributed by atoms with Crippen LogP contribution in [0.4, 0.5) is 5.00 Å². The number of rotatable bonds is 5. The maximum absolute atomic E-state index is 12.8. The molecule has 1 aromatic rings. The first-order chi connectivity index (χ1) is 12.1. The zero-order valence-corrected chi connectivity index (χ0v) is 16.0. The Hall–Kier alpha value is -1.40. The second-order valence-corrected chi connectivity index (χ2v) is 8.00. The van der Waals surface area contributed by atoms with Crippen molar-refractivity contribution >= 4 is 28.2 Å². The van der Waals surface area contributed by atoms with Crippen LogP contribution in [0.1, 0.15) is 66.8 Å². The van der Waals surface area contributed by atoms with Gasteiger partial charge in [0.25, 0.3) is 0 Å². The summed E-state index contributed by atoms with van der Waals surface area (Å²) in [6.07, 6.45) is 7.68. The molecule has 1 amide bonds. The van der Waals surface area contributed by atoms with Crippen LogP contribution in [0.15, 0.2) is 0 Å². The molecule has 1 aromatic heterocycles. The summed E-state index contributed by atoms with van der Waals surface area (Å²) in [5.74, 6) is -0.325. The van der Waals surface area contributed by atoms with Crippen molar-refractivity contribution < 1.29 is 14.3 Å². The minimum Gasteiger partial charge on any atom is -0.462 e. The van der Waals surface area contributed by atoms with Gasteiger partial charge in [-0.2, -0.15) is 0 Å². The van der Waals surface area contributed by atoms with E-state index in [1.165, 1.54) is 11.3 Å². The molecule has 1 aliphatic carbocycles. The molecule has 5 nitrogen and oxygen atoms in total. The molecule has 1 N–H and O–H groups in total. The summed E-state index contributed by atoms with van der Waals surface area (Å²) >= 11 is 1.56. The van der Waals surface area contributed by atoms with Crippen molar-refractivity contribution in [3.05, 3.63) is 16.0 Å². The Balaban J connectivity index is 1.79. The quantitative estimate of drug-likeness (QED) is 0.811. The van der Waals surface area contributed by atoms with Crippen LogP contribution in [0.3, 0.4) is 0 Å². The van der Waals surface area contributed by atoms with Crippen molar-refractivity contribution in [1.82, 2.24) is 4.90 Å². The van der Waals surface area contributed by atoms with Gasteiger partial charge in [-0.3, -0.25) is 9.69 Å². The maximum atomic E-state index is 12.8. The fraction of sp³-hybridized carbons (Fsp3) is 0.684. The summed E-state index contributed by atoms with van der Waals surface area (Å²) in [5.41, 5.74) is 1.69. The Morgan fingerprint density at radius 3 is 2.60 bits per heavy atom. The van der Waals surface area contributed by atoms with Crippen molar-refractivity contribution in [2.75, 3.05) is 25.0 Å². The second-order valence-electron chi connectivity index (χ2n) is 6.90. The zero-order chi connectivity index (χ0) is 17.8. The lowest BCUT2D eigenvalue weighted by Gasteiger charge is -2.31. The number of nitrogens with one attached hydrogen (secondary N) is 1. The number of hydrogen-bond donors (Lipinski definition) is 1. The summed E-state index contributed by atoms with van der Waals surface area (Å²) in [5, 5.41) is 3.72. The van der Waals surface area contributed by atoms with E-state index in [-0.39, 0.29) is 17.9 Å². The zero-order valence-electron chi connectivity index (χ0n) is 15.2. The van der Waals surface area contributed by atoms with Gasteiger partial charge in [0.2, 0.25) is 5.91 Å². The number of hydrogen-bond acceptors (Lipinski definition) is 5. The van der Waals surface area contributed by atoms with E-state index in [9.17, 15) is 9.59 Å². The average molecular weight is 365 g/mol. The van der Waals surface area contributed by atoms with Gasteiger partial charge in [0.05, 0.1) is 18.2 Å². The lowest BCUT2D eigenvalue weighted by atomic mass is 9.95. The molecule has 2 aliphatic rings.